The molecule has 13 heteroatoms. The predicted molar refractivity (Wildman–Crippen MR) is 191 cm³/mol. The molecular formula is C37H44N6O7. The fourth-order valence-electron chi connectivity index (χ4n) is 6.28. The minimum absolute atomic E-state index is 0.143. The molecular weight excluding hydrogens is 640 g/mol. The van der Waals surface area contributed by atoms with Crippen LogP contribution in [0.15, 0.2) is 53.3 Å². The lowest BCUT2D eigenvalue weighted by molar-refractivity contribution is -0.120. The van der Waals surface area contributed by atoms with Crippen LogP contribution < -0.4 is 35.6 Å². The number of hydrogen-bond acceptors (Lipinski definition) is 10. The Morgan fingerprint density at radius 3 is 2.48 bits per heavy atom. The summed E-state index contributed by atoms with van der Waals surface area (Å²) in [6.07, 6.45) is 1.78. The van der Waals surface area contributed by atoms with Gasteiger partial charge in [-0.1, -0.05) is 38.5 Å². The number of carbonyl (C=O) groups is 2. The van der Waals surface area contributed by atoms with Gasteiger partial charge in [0.05, 0.1) is 33.1 Å². The van der Waals surface area contributed by atoms with E-state index < -0.39 is 12.1 Å². The number of nitrogens with one attached hydrogen (secondary N) is 4. The normalized spacial score (nSPS) is 14.7. The molecule has 13 nitrogen and oxygen atoms in total. The number of H-pyrrole nitrogens is 1. The number of anilines is 2. The Morgan fingerprint density at radius 2 is 1.80 bits per heavy atom. The highest BCUT2D eigenvalue weighted by Crippen LogP contribution is 2.50. The summed E-state index contributed by atoms with van der Waals surface area (Å²) in [7, 11) is 6.23. The highest BCUT2D eigenvalue weighted by atomic mass is 16.5. The maximum absolute atomic E-state index is 14.0. The number of aromatic amines is 1. The van der Waals surface area contributed by atoms with Crippen LogP contribution in [-0.2, 0) is 27.4 Å². The number of benzene rings is 2. The molecule has 1 aliphatic rings. The molecule has 3 aromatic carbocycles. The molecule has 0 fully saturated rings. The van der Waals surface area contributed by atoms with Crippen LogP contribution in [0.5, 0.6) is 17.2 Å². The summed E-state index contributed by atoms with van der Waals surface area (Å²) >= 11 is 0. The number of methoxy groups -OCH3 is 4. The molecule has 0 saturated heterocycles. The molecule has 1 heterocycles. The van der Waals surface area contributed by atoms with Crippen molar-refractivity contribution in [3.8, 4) is 39.8 Å². The van der Waals surface area contributed by atoms with Gasteiger partial charge in [0.1, 0.15) is 12.6 Å². The van der Waals surface area contributed by atoms with Gasteiger partial charge < -0.3 is 34.9 Å². The van der Waals surface area contributed by atoms with E-state index in [0.717, 1.165) is 11.1 Å². The second-order valence-corrected chi connectivity index (χ2v) is 12.2. The van der Waals surface area contributed by atoms with E-state index in [0.29, 0.717) is 77.1 Å². The first-order chi connectivity index (χ1) is 24.1. The van der Waals surface area contributed by atoms with Gasteiger partial charge in [0, 0.05) is 30.8 Å². The predicted octanol–water partition coefficient (Wildman–Crippen LogP) is 5.26. The van der Waals surface area contributed by atoms with Crippen molar-refractivity contribution in [1.82, 2.24) is 20.5 Å². The zero-order valence-electron chi connectivity index (χ0n) is 29.4. The maximum Gasteiger partial charge on any atom is 0.247 e. The van der Waals surface area contributed by atoms with Crippen LogP contribution in [0.3, 0.4) is 0 Å². The van der Waals surface area contributed by atoms with E-state index in [1.165, 1.54) is 20.1 Å². The minimum atomic E-state index is -0.757. The van der Waals surface area contributed by atoms with Crippen molar-refractivity contribution < 1.29 is 28.5 Å². The van der Waals surface area contributed by atoms with E-state index in [2.05, 4.69) is 31.1 Å². The second-order valence-electron chi connectivity index (χ2n) is 12.2. The van der Waals surface area contributed by atoms with E-state index in [1.807, 2.05) is 38.1 Å². The molecule has 0 radical (unpaired) electrons. The number of aryl methyl sites for hydroxylation is 1. The quantitative estimate of drug-likeness (QED) is 0.146. The third-order valence-corrected chi connectivity index (χ3v) is 8.92. The number of hydrogen-bond donors (Lipinski definition) is 4. The first-order valence-corrected chi connectivity index (χ1v) is 16.5. The minimum Gasteiger partial charge on any atom is -0.493 e. The molecule has 0 spiro atoms. The maximum atomic E-state index is 14.0. The van der Waals surface area contributed by atoms with Crippen molar-refractivity contribution in [2.75, 3.05) is 39.1 Å². The molecule has 1 aromatic heterocycles. The fourth-order valence-corrected chi connectivity index (χ4v) is 6.28. The van der Waals surface area contributed by atoms with Gasteiger partial charge in [0.25, 0.3) is 0 Å². The van der Waals surface area contributed by atoms with Crippen molar-refractivity contribution in [3.05, 3.63) is 75.7 Å². The fraction of sp³-hybridized carbons (Fsp3) is 0.378. The number of carbonyl (C=O) groups excluding carboxylic acids is 2. The van der Waals surface area contributed by atoms with Gasteiger partial charge in [-0.3, -0.25) is 19.5 Å². The Morgan fingerprint density at radius 1 is 1.02 bits per heavy atom. The number of amides is 2. The molecule has 4 aromatic rings. The van der Waals surface area contributed by atoms with Crippen molar-refractivity contribution >= 4 is 23.2 Å². The molecule has 0 bridgehead atoms. The van der Waals surface area contributed by atoms with Gasteiger partial charge in [0.15, 0.2) is 23.1 Å². The highest BCUT2D eigenvalue weighted by molar-refractivity contribution is 5.97. The number of aromatic nitrogens is 3. The molecule has 0 unspecified atom stereocenters. The zero-order valence-corrected chi connectivity index (χ0v) is 29.4. The van der Waals surface area contributed by atoms with Crippen LogP contribution in [-0.4, -0.2) is 61.5 Å². The molecule has 3 atom stereocenters. The first kappa shape index (κ1) is 35.9. The van der Waals surface area contributed by atoms with Gasteiger partial charge in [-0.15, -0.1) is 0 Å². The summed E-state index contributed by atoms with van der Waals surface area (Å²) in [5.41, 5.74) is 4.16. The summed E-state index contributed by atoms with van der Waals surface area (Å²) in [6.45, 7) is 5.69. The SMILES string of the molecule is CC[C@H](C)[C@H](Nc1ccc2c(cc1=O)[C@@H](NC(C)=O)CCc1cc(OC)c(OC)c(OC)c1-2)C(=O)Nc1cccc(-c2n[nH]c(COC)n2)c1. The van der Waals surface area contributed by atoms with Crippen LogP contribution >= 0.6 is 0 Å². The third-order valence-electron chi connectivity index (χ3n) is 8.92. The third kappa shape index (κ3) is 7.57. The van der Waals surface area contributed by atoms with Crippen molar-refractivity contribution in [1.29, 1.82) is 0 Å². The van der Waals surface area contributed by atoms with Crippen LogP contribution in [0.4, 0.5) is 11.4 Å². The number of rotatable bonds is 13. The van der Waals surface area contributed by atoms with Gasteiger partial charge in [-0.05, 0) is 65.8 Å². The Bertz CT molecular complexity index is 1930. The smallest absolute Gasteiger partial charge is 0.247 e. The lowest BCUT2D eigenvalue weighted by atomic mass is 9.95. The van der Waals surface area contributed by atoms with E-state index in [9.17, 15) is 14.4 Å². The Hall–Kier alpha value is -5.43. The summed E-state index contributed by atoms with van der Waals surface area (Å²) in [5.74, 6) is 1.78. The van der Waals surface area contributed by atoms with Crippen molar-refractivity contribution in [2.24, 2.45) is 5.92 Å². The molecule has 264 valence electrons. The van der Waals surface area contributed by atoms with Gasteiger partial charge >= 0.3 is 0 Å². The molecule has 0 saturated carbocycles. The molecule has 5 rings (SSSR count). The molecule has 0 aliphatic heterocycles. The van der Waals surface area contributed by atoms with Crippen molar-refractivity contribution in [3.63, 3.8) is 0 Å². The zero-order chi connectivity index (χ0) is 35.9. The lowest BCUT2D eigenvalue weighted by Crippen LogP contribution is -2.40. The summed E-state index contributed by atoms with van der Waals surface area (Å²) in [5, 5.41) is 16.4. The molecule has 4 N–H and O–H groups in total. The van der Waals surface area contributed by atoms with Crippen LogP contribution in [0.2, 0.25) is 0 Å². The van der Waals surface area contributed by atoms with Gasteiger partial charge in [0.2, 0.25) is 23.0 Å². The summed E-state index contributed by atoms with van der Waals surface area (Å²) in [4.78, 5) is 44.7. The Balaban J connectivity index is 1.54. The summed E-state index contributed by atoms with van der Waals surface area (Å²) in [6, 6.07) is 13.0. The average Bonchev–Trinajstić information content (AvgIpc) is 3.46. The van der Waals surface area contributed by atoms with Crippen molar-refractivity contribution in [2.45, 2.75) is 58.7 Å². The molecule has 50 heavy (non-hydrogen) atoms. The van der Waals surface area contributed by atoms with E-state index in [-0.39, 0.29) is 28.8 Å². The van der Waals surface area contributed by atoms with Crippen LogP contribution in [0.25, 0.3) is 22.5 Å². The number of nitrogens with zero attached hydrogens (tertiary/aromatic N) is 2. The number of ether oxygens (including phenoxy) is 4. The van der Waals surface area contributed by atoms with E-state index >= 15 is 0 Å². The van der Waals surface area contributed by atoms with Crippen LogP contribution in [0.1, 0.15) is 56.6 Å². The molecule has 1 aliphatic carbocycles. The van der Waals surface area contributed by atoms with Crippen LogP contribution in [0, 0.1) is 5.92 Å². The van der Waals surface area contributed by atoms with Gasteiger partial charge in [-0.25, -0.2) is 4.98 Å². The average molecular weight is 685 g/mol. The van der Waals surface area contributed by atoms with E-state index in [4.69, 9.17) is 18.9 Å². The summed E-state index contributed by atoms with van der Waals surface area (Å²) < 4.78 is 22.3. The Labute approximate surface area is 291 Å². The largest absolute Gasteiger partial charge is 0.493 e. The monoisotopic (exact) mass is 684 g/mol. The Kier molecular flexibility index (Phi) is 11.4. The van der Waals surface area contributed by atoms with E-state index in [1.54, 1.807) is 39.5 Å². The number of fused-ring (bicyclic) bond motifs is 3. The molecule has 2 amide bonds. The first-order valence-electron chi connectivity index (χ1n) is 16.5. The van der Waals surface area contributed by atoms with Gasteiger partial charge in [-0.2, -0.15) is 5.10 Å². The second kappa shape index (κ2) is 15.9. The lowest BCUT2D eigenvalue weighted by Gasteiger charge is -2.24. The topological polar surface area (TPSA) is 166 Å². The standard InChI is InChI=1S/C37H44N6O7/c1-8-20(2)33(37(46)39-24-11-9-10-23(16-24)36-41-31(19-47-4)42-43-36)40-28-15-13-25-26(18-29(28)45)27(38-21(3)44)14-12-22-17-30(48-5)34(49-6)35(50-7)32(22)25/h9-11,13,15-18,20,27,33H,8,12,14,19H2,1-7H3,(H,38,44)(H,39,46)(H,40,45)(H,41,42,43)/t20-,27-,33-/m0/s1. The highest BCUT2D eigenvalue weighted by Gasteiger charge is 2.30.